The zero-order chi connectivity index (χ0) is 16.4. The number of sulfonamides is 1. The quantitative estimate of drug-likeness (QED) is 0.708. The van der Waals surface area contributed by atoms with Crippen molar-refractivity contribution in [3.63, 3.8) is 0 Å². The van der Waals surface area contributed by atoms with Crippen molar-refractivity contribution in [1.29, 1.82) is 0 Å². The summed E-state index contributed by atoms with van der Waals surface area (Å²) < 4.78 is 26.3. The van der Waals surface area contributed by atoms with Gasteiger partial charge in [-0.1, -0.05) is 19.1 Å². The summed E-state index contributed by atoms with van der Waals surface area (Å²) in [6.45, 7) is 3.76. The number of hydrogen-bond acceptors (Lipinski definition) is 5. The van der Waals surface area contributed by atoms with Crippen LogP contribution in [-0.2, 0) is 14.8 Å². The van der Waals surface area contributed by atoms with Crippen molar-refractivity contribution in [2.24, 2.45) is 10.9 Å². The Labute approximate surface area is 147 Å². The highest BCUT2D eigenvalue weighted by molar-refractivity contribution is 7.90. The molecular formula is C15H21ClN4O3S. The van der Waals surface area contributed by atoms with Crippen LogP contribution in [0, 0.1) is 5.92 Å². The first kappa shape index (κ1) is 18.7. The Bertz CT molecular complexity index is 751. The topological polar surface area (TPSA) is 99.7 Å². The van der Waals surface area contributed by atoms with Gasteiger partial charge in [0.15, 0.2) is 0 Å². The second-order valence-corrected chi connectivity index (χ2v) is 7.56. The summed E-state index contributed by atoms with van der Waals surface area (Å²) in [6, 6.07) is 6.74. The van der Waals surface area contributed by atoms with E-state index < -0.39 is 10.0 Å². The molecule has 2 unspecified atom stereocenters. The van der Waals surface area contributed by atoms with E-state index in [1.54, 1.807) is 18.2 Å². The molecule has 2 aliphatic rings. The van der Waals surface area contributed by atoms with E-state index in [0.29, 0.717) is 11.5 Å². The van der Waals surface area contributed by atoms with Gasteiger partial charge in [-0.3, -0.25) is 14.5 Å². The SMILES string of the molecule is CC1CNCCC1NC(=O)CN=C1NS(=O)(=O)c2ccccc21.Cl. The number of rotatable bonds is 3. The molecule has 0 aromatic heterocycles. The van der Waals surface area contributed by atoms with Crippen LogP contribution in [-0.4, -0.2) is 45.8 Å². The van der Waals surface area contributed by atoms with Crippen LogP contribution in [0.5, 0.6) is 0 Å². The van der Waals surface area contributed by atoms with E-state index in [1.165, 1.54) is 6.07 Å². The molecule has 3 rings (SSSR count). The Morgan fingerprint density at radius 3 is 2.88 bits per heavy atom. The van der Waals surface area contributed by atoms with Gasteiger partial charge in [0, 0.05) is 11.6 Å². The fourth-order valence-electron chi connectivity index (χ4n) is 2.88. The summed E-state index contributed by atoms with van der Waals surface area (Å²) >= 11 is 0. The summed E-state index contributed by atoms with van der Waals surface area (Å²) in [6.07, 6.45) is 0.888. The van der Waals surface area contributed by atoms with Crippen molar-refractivity contribution in [1.82, 2.24) is 15.4 Å². The van der Waals surface area contributed by atoms with E-state index in [0.717, 1.165) is 19.5 Å². The van der Waals surface area contributed by atoms with Crippen LogP contribution in [0.25, 0.3) is 0 Å². The Hall–Kier alpha value is -1.64. The van der Waals surface area contributed by atoms with Gasteiger partial charge >= 0.3 is 0 Å². The second-order valence-electron chi connectivity index (χ2n) is 5.91. The molecule has 1 aromatic carbocycles. The molecule has 1 fully saturated rings. The third-order valence-electron chi connectivity index (χ3n) is 4.18. The minimum atomic E-state index is -3.56. The van der Waals surface area contributed by atoms with Crippen LogP contribution >= 0.6 is 12.4 Å². The zero-order valence-electron chi connectivity index (χ0n) is 13.3. The molecular weight excluding hydrogens is 352 g/mol. The average molecular weight is 373 g/mol. The Kier molecular flexibility index (Phi) is 5.84. The molecule has 24 heavy (non-hydrogen) atoms. The number of aliphatic imine (C=N–C) groups is 1. The Balaban J connectivity index is 0.00000208. The molecule has 9 heteroatoms. The molecule has 2 heterocycles. The number of amidine groups is 1. The van der Waals surface area contributed by atoms with Crippen molar-refractivity contribution in [3.8, 4) is 0 Å². The minimum absolute atomic E-state index is 0. The molecule has 3 N–H and O–H groups in total. The van der Waals surface area contributed by atoms with E-state index in [1.807, 2.05) is 0 Å². The highest BCUT2D eigenvalue weighted by Gasteiger charge is 2.30. The van der Waals surface area contributed by atoms with Crippen molar-refractivity contribution in [2.75, 3.05) is 19.6 Å². The van der Waals surface area contributed by atoms with Gasteiger partial charge in [-0.15, -0.1) is 12.4 Å². The number of amides is 1. The number of carbonyl (C=O) groups excluding carboxylic acids is 1. The lowest BCUT2D eigenvalue weighted by molar-refractivity contribution is -0.120. The largest absolute Gasteiger partial charge is 0.351 e. The van der Waals surface area contributed by atoms with Gasteiger partial charge in [-0.2, -0.15) is 0 Å². The molecule has 132 valence electrons. The van der Waals surface area contributed by atoms with Crippen molar-refractivity contribution in [3.05, 3.63) is 29.8 Å². The first-order chi connectivity index (χ1) is 11.0. The number of fused-ring (bicyclic) bond motifs is 1. The fraction of sp³-hybridized carbons (Fsp3) is 0.467. The molecule has 0 bridgehead atoms. The molecule has 0 aliphatic carbocycles. The highest BCUT2D eigenvalue weighted by Crippen LogP contribution is 2.22. The van der Waals surface area contributed by atoms with Crippen molar-refractivity contribution >= 4 is 34.2 Å². The van der Waals surface area contributed by atoms with Crippen LogP contribution in [0.4, 0.5) is 0 Å². The van der Waals surface area contributed by atoms with Crippen LogP contribution in [0.2, 0.25) is 0 Å². The monoisotopic (exact) mass is 372 g/mol. The summed E-state index contributed by atoms with van der Waals surface area (Å²) in [5, 5.41) is 6.25. The maximum atomic E-state index is 12.1. The summed E-state index contributed by atoms with van der Waals surface area (Å²) in [7, 11) is -3.56. The Morgan fingerprint density at radius 1 is 1.38 bits per heavy atom. The maximum Gasteiger partial charge on any atom is 0.263 e. The van der Waals surface area contributed by atoms with Crippen LogP contribution < -0.4 is 15.4 Å². The summed E-state index contributed by atoms with van der Waals surface area (Å²) in [4.78, 5) is 16.4. The number of benzene rings is 1. The zero-order valence-corrected chi connectivity index (χ0v) is 14.9. The fourth-order valence-corrected chi connectivity index (χ4v) is 4.13. The average Bonchev–Trinajstić information content (AvgIpc) is 2.79. The van der Waals surface area contributed by atoms with Gasteiger partial charge in [0.2, 0.25) is 5.91 Å². The lowest BCUT2D eigenvalue weighted by Crippen LogP contribution is -2.49. The number of halogens is 1. The van der Waals surface area contributed by atoms with Gasteiger partial charge < -0.3 is 10.6 Å². The van der Waals surface area contributed by atoms with E-state index in [4.69, 9.17) is 0 Å². The third-order valence-corrected chi connectivity index (χ3v) is 5.57. The first-order valence-electron chi connectivity index (χ1n) is 7.64. The molecule has 2 atom stereocenters. The first-order valence-corrected chi connectivity index (χ1v) is 9.12. The van der Waals surface area contributed by atoms with Gasteiger partial charge in [0.25, 0.3) is 10.0 Å². The van der Waals surface area contributed by atoms with E-state index >= 15 is 0 Å². The second kappa shape index (κ2) is 7.50. The molecule has 2 aliphatic heterocycles. The smallest absolute Gasteiger partial charge is 0.263 e. The number of carbonyl (C=O) groups is 1. The highest BCUT2D eigenvalue weighted by atomic mass is 35.5. The summed E-state index contributed by atoms with van der Waals surface area (Å²) in [5.74, 6) is 0.403. The van der Waals surface area contributed by atoms with Crippen LogP contribution in [0.1, 0.15) is 18.9 Å². The van der Waals surface area contributed by atoms with Crippen molar-refractivity contribution in [2.45, 2.75) is 24.3 Å². The molecule has 0 radical (unpaired) electrons. The predicted molar refractivity (Wildman–Crippen MR) is 94.0 cm³/mol. The number of piperidine rings is 1. The standard InChI is InChI=1S/C15H20N4O3S.ClH/c1-10-8-16-7-6-12(10)18-14(20)9-17-15-11-4-2-3-5-13(11)23(21,22)19-15;/h2-5,10,12,16H,6-9H2,1H3,(H,17,19)(H,18,20);1H. The normalized spacial score (nSPS) is 26.1. The molecule has 1 amide bonds. The molecule has 7 nitrogen and oxygen atoms in total. The lowest BCUT2D eigenvalue weighted by Gasteiger charge is -2.30. The number of nitrogens with one attached hydrogen (secondary N) is 3. The van der Waals surface area contributed by atoms with Crippen molar-refractivity contribution < 1.29 is 13.2 Å². The summed E-state index contributed by atoms with van der Waals surface area (Å²) in [5.41, 5.74) is 0.510. The number of nitrogens with zero attached hydrogens (tertiary/aromatic N) is 1. The maximum absolute atomic E-state index is 12.1. The van der Waals surface area contributed by atoms with Gasteiger partial charge in [-0.05, 0) is 37.6 Å². The Morgan fingerprint density at radius 2 is 2.12 bits per heavy atom. The molecule has 1 aromatic rings. The minimum Gasteiger partial charge on any atom is -0.351 e. The van der Waals surface area contributed by atoms with Crippen LogP contribution in [0.3, 0.4) is 0 Å². The van der Waals surface area contributed by atoms with Gasteiger partial charge in [0.05, 0.1) is 4.90 Å². The lowest BCUT2D eigenvalue weighted by atomic mass is 9.95. The third kappa shape index (κ3) is 3.88. The van der Waals surface area contributed by atoms with E-state index in [2.05, 4.69) is 27.3 Å². The van der Waals surface area contributed by atoms with Crippen LogP contribution in [0.15, 0.2) is 34.2 Å². The van der Waals surface area contributed by atoms with E-state index in [9.17, 15) is 13.2 Å². The van der Waals surface area contributed by atoms with Gasteiger partial charge in [-0.25, -0.2) is 8.42 Å². The van der Waals surface area contributed by atoms with E-state index in [-0.39, 0.29) is 41.6 Å². The molecule has 0 spiro atoms. The number of hydrogen-bond donors (Lipinski definition) is 3. The predicted octanol–water partition coefficient (Wildman–Crippen LogP) is 0.261. The molecule has 0 saturated carbocycles. The molecule has 1 saturated heterocycles. The van der Waals surface area contributed by atoms with Gasteiger partial charge in [0.1, 0.15) is 12.4 Å².